The highest BCUT2D eigenvalue weighted by atomic mass is 19.1. The molecular weight excluding hydrogens is 418 g/mol. The first kappa shape index (κ1) is 21.2. The molecule has 3 aromatic heterocycles. The maximum absolute atomic E-state index is 13.2. The van der Waals surface area contributed by atoms with Crippen molar-refractivity contribution in [1.29, 1.82) is 5.41 Å². The number of pyridine rings is 1. The third kappa shape index (κ3) is 4.37. The zero-order valence-corrected chi connectivity index (χ0v) is 17.2. The fraction of sp³-hybridized carbons (Fsp3) is 0.190. The van der Waals surface area contributed by atoms with Gasteiger partial charge in [0.1, 0.15) is 17.5 Å². The first-order valence-corrected chi connectivity index (χ1v) is 9.74. The summed E-state index contributed by atoms with van der Waals surface area (Å²) in [6.07, 6.45) is 4.53. The van der Waals surface area contributed by atoms with Crippen LogP contribution in [0.2, 0.25) is 0 Å². The van der Waals surface area contributed by atoms with Crippen LogP contribution in [0.5, 0.6) is 0 Å². The minimum atomic E-state index is -1.09. The fourth-order valence-corrected chi connectivity index (χ4v) is 3.35. The van der Waals surface area contributed by atoms with Gasteiger partial charge in [0.15, 0.2) is 0 Å². The number of carbonyl (C=O) groups excluding carboxylic acids is 1. The maximum atomic E-state index is 13.2. The van der Waals surface area contributed by atoms with Gasteiger partial charge in [-0.3, -0.25) is 10.2 Å². The molecule has 4 N–H and O–H groups in total. The number of anilines is 1. The van der Waals surface area contributed by atoms with Crippen molar-refractivity contribution in [2.24, 2.45) is 0 Å². The van der Waals surface area contributed by atoms with Gasteiger partial charge in [0.25, 0.3) is 5.91 Å². The van der Waals surface area contributed by atoms with Crippen molar-refractivity contribution < 1.29 is 13.6 Å². The number of amides is 1. The predicted molar refractivity (Wildman–Crippen MR) is 115 cm³/mol. The highest BCUT2D eigenvalue weighted by Gasteiger charge is 2.21. The Balaban J connectivity index is 1.50. The molecule has 164 valence electrons. The Kier molecular flexibility index (Phi) is 5.73. The van der Waals surface area contributed by atoms with Gasteiger partial charge in [0.2, 0.25) is 11.9 Å². The van der Waals surface area contributed by atoms with E-state index in [-0.39, 0.29) is 17.1 Å². The van der Waals surface area contributed by atoms with Crippen LogP contribution >= 0.6 is 0 Å². The second-order valence-electron chi connectivity index (χ2n) is 7.22. The maximum Gasteiger partial charge on any atom is 0.257 e. The lowest BCUT2D eigenvalue weighted by Gasteiger charge is -2.17. The zero-order chi connectivity index (χ0) is 22.8. The molecule has 32 heavy (non-hydrogen) atoms. The summed E-state index contributed by atoms with van der Waals surface area (Å²) in [6.45, 7) is 7.94. The van der Waals surface area contributed by atoms with Crippen LogP contribution in [0.4, 0.5) is 14.6 Å². The van der Waals surface area contributed by atoms with Crippen LogP contribution in [0, 0.1) is 17.3 Å². The fourth-order valence-electron chi connectivity index (χ4n) is 3.35. The average Bonchev–Trinajstić information content (AvgIpc) is 3.35. The molecular formula is C21H20F2N8O. The number of allylic oxidation sites excluding steroid dienone is 2. The summed E-state index contributed by atoms with van der Waals surface area (Å²) in [5, 5.41) is 14.3. The molecule has 4 heterocycles. The number of rotatable bonds is 6. The molecule has 1 amide bonds. The van der Waals surface area contributed by atoms with Gasteiger partial charge in [-0.05, 0) is 24.6 Å². The van der Waals surface area contributed by atoms with Gasteiger partial charge in [0, 0.05) is 30.8 Å². The average molecular weight is 438 g/mol. The molecule has 0 radical (unpaired) electrons. The molecule has 11 heteroatoms. The molecule has 0 bridgehead atoms. The van der Waals surface area contributed by atoms with Crippen LogP contribution in [-0.4, -0.2) is 42.7 Å². The first-order chi connectivity index (χ1) is 15.3. The largest absolute Gasteiger partial charge is 0.325 e. The summed E-state index contributed by atoms with van der Waals surface area (Å²) in [6, 6.07) is 1.66. The van der Waals surface area contributed by atoms with Crippen molar-refractivity contribution in [1.82, 2.24) is 29.8 Å². The molecule has 0 saturated carbocycles. The topological polar surface area (TPSA) is 124 Å². The molecule has 0 spiro atoms. The van der Waals surface area contributed by atoms with Crippen LogP contribution in [0.1, 0.15) is 40.3 Å². The molecule has 0 aliphatic carbocycles. The summed E-state index contributed by atoms with van der Waals surface area (Å²) in [5.74, 6) is -1.43. The van der Waals surface area contributed by atoms with Gasteiger partial charge in [-0.1, -0.05) is 6.58 Å². The number of imidazole rings is 2. The lowest BCUT2D eigenvalue weighted by molar-refractivity contribution is 0.102. The van der Waals surface area contributed by atoms with Crippen molar-refractivity contribution in [2.75, 3.05) is 11.9 Å². The Morgan fingerprint density at radius 2 is 2.06 bits per heavy atom. The molecule has 0 atom stereocenters. The molecule has 0 fully saturated rings. The van der Waals surface area contributed by atoms with E-state index in [1.54, 1.807) is 12.2 Å². The van der Waals surface area contributed by atoms with E-state index in [0.29, 0.717) is 30.3 Å². The second kappa shape index (κ2) is 8.63. The van der Waals surface area contributed by atoms with E-state index in [9.17, 15) is 13.6 Å². The number of nitrogens with one attached hydrogen (secondary N) is 4. The minimum Gasteiger partial charge on any atom is -0.325 e. The number of hydrogen-bond acceptors (Lipinski definition) is 6. The molecule has 0 saturated heterocycles. The summed E-state index contributed by atoms with van der Waals surface area (Å²) in [4.78, 5) is 26.7. The van der Waals surface area contributed by atoms with Crippen LogP contribution in [0.25, 0.3) is 11.6 Å². The monoisotopic (exact) mass is 438 g/mol. The Morgan fingerprint density at radius 1 is 1.31 bits per heavy atom. The highest BCUT2D eigenvalue weighted by Crippen LogP contribution is 2.22. The van der Waals surface area contributed by atoms with E-state index in [4.69, 9.17) is 5.41 Å². The van der Waals surface area contributed by atoms with E-state index in [2.05, 4.69) is 37.1 Å². The van der Waals surface area contributed by atoms with Crippen molar-refractivity contribution in [2.45, 2.75) is 20.0 Å². The number of aromatic amines is 1. The summed E-state index contributed by atoms with van der Waals surface area (Å²) >= 11 is 0. The first-order valence-electron chi connectivity index (χ1n) is 9.74. The van der Waals surface area contributed by atoms with Crippen molar-refractivity contribution in [3.05, 3.63) is 71.5 Å². The van der Waals surface area contributed by atoms with E-state index in [1.807, 2.05) is 11.5 Å². The minimum absolute atomic E-state index is 0.212. The predicted octanol–water partition coefficient (Wildman–Crippen LogP) is 2.75. The van der Waals surface area contributed by atoms with Crippen molar-refractivity contribution in [3.8, 4) is 0 Å². The number of hydrogen-bond donors (Lipinski definition) is 4. The van der Waals surface area contributed by atoms with Crippen molar-refractivity contribution >= 4 is 29.1 Å². The number of H-pyrrole nitrogens is 1. The Hall–Kier alpha value is -3.99. The lowest BCUT2D eigenvalue weighted by atomic mass is 10.1. The van der Waals surface area contributed by atoms with Crippen LogP contribution < -0.4 is 10.6 Å². The second-order valence-corrected chi connectivity index (χ2v) is 7.22. The smallest absolute Gasteiger partial charge is 0.257 e. The van der Waals surface area contributed by atoms with E-state index in [1.165, 1.54) is 6.20 Å². The number of nitrogens with zero attached hydrogens (tertiary/aromatic N) is 4. The standard InChI is InChI=1S/C21H20F2N8O/c1-11(2)19-20(31-6-5-25-10-18(31)30-19)13(24)3-4-16-26-9-17(28-16)29-21(32)12-7-14(22)27-15(23)8-12/h3-4,7-9,24-25H,1,5-6,10H2,2H3,(H,26,28)(H,29,32)/b4-3-,24-13?. The van der Waals surface area contributed by atoms with Gasteiger partial charge >= 0.3 is 0 Å². The Labute approximate surface area is 181 Å². The summed E-state index contributed by atoms with van der Waals surface area (Å²) in [5.41, 5.74) is 2.17. The summed E-state index contributed by atoms with van der Waals surface area (Å²) in [7, 11) is 0. The van der Waals surface area contributed by atoms with Gasteiger partial charge in [-0.2, -0.15) is 13.8 Å². The van der Waals surface area contributed by atoms with E-state index < -0.39 is 17.8 Å². The van der Waals surface area contributed by atoms with Gasteiger partial charge < -0.3 is 20.2 Å². The van der Waals surface area contributed by atoms with E-state index in [0.717, 1.165) is 30.1 Å². The molecule has 1 aliphatic rings. The molecule has 9 nitrogen and oxygen atoms in total. The van der Waals surface area contributed by atoms with Crippen LogP contribution in [0.3, 0.4) is 0 Å². The SMILES string of the molecule is C=C(C)c1nc2n(c1C(=N)/C=C\c1ncc(NC(=O)c3cc(F)nc(F)c3)[nH]1)CCNC2. The Bertz CT molecular complexity index is 1240. The quantitative estimate of drug-likeness (QED) is 0.348. The van der Waals surface area contributed by atoms with Crippen molar-refractivity contribution in [3.63, 3.8) is 0 Å². The summed E-state index contributed by atoms with van der Waals surface area (Å²) < 4.78 is 28.4. The van der Waals surface area contributed by atoms with E-state index >= 15 is 0 Å². The van der Waals surface area contributed by atoms with Gasteiger partial charge in [0.05, 0.1) is 29.8 Å². The lowest BCUT2D eigenvalue weighted by Crippen LogP contribution is -2.29. The van der Waals surface area contributed by atoms with Crippen LogP contribution in [0.15, 0.2) is 31.0 Å². The number of halogens is 2. The van der Waals surface area contributed by atoms with Gasteiger partial charge in [-0.15, -0.1) is 0 Å². The third-order valence-corrected chi connectivity index (χ3v) is 4.78. The zero-order valence-electron chi connectivity index (χ0n) is 17.2. The normalized spacial score (nSPS) is 13.2. The Morgan fingerprint density at radius 3 is 2.78 bits per heavy atom. The molecule has 3 aromatic rings. The highest BCUT2D eigenvalue weighted by molar-refractivity contribution is 6.10. The van der Waals surface area contributed by atoms with Gasteiger partial charge in [-0.25, -0.2) is 9.97 Å². The number of aromatic nitrogens is 5. The molecule has 4 rings (SSSR count). The molecule has 1 aliphatic heterocycles. The molecule has 0 aromatic carbocycles. The number of carbonyl (C=O) groups is 1. The molecule has 0 unspecified atom stereocenters. The number of fused-ring (bicyclic) bond motifs is 1. The third-order valence-electron chi connectivity index (χ3n) is 4.78. The van der Waals surface area contributed by atoms with Crippen LogP contribution in [-0.2, 0) is 13.1 Å².